The Bertz CT molecular complexity index is 685. The summed E-state index contributed by atoms with van der Waals surface area (Å²) in [6, 6.07) is 3.78. The molecule has 1 saturated carbocycles. The predicted octanol–water partition coefficient (Wildman–Crippen LogP) is -0.646. The van der Waals surface area contributed by atoms with E-state index in [9.17, 15) is 40.2 Å². The first kappa shape index (κ1) is 18.7. The molecule has 0 unspecified atom stereocenters. The molecule has 0 bridgehead atoms. The Balaban J connectivity index is 2.14. The van der Waals surface area contributed by atoms with Crippen molar-refractivity contribution in [2.75, 3.05) is 0 Å². The maximum Gasteiger partial charge on any atom is 0.348 e. The van der Waals surface area contributed by atoms with E-state index >= 15 is 0 Å². The first-order chi connectivity index (χ1) is 11.6. The Morgan fingerprint density at radius 1 is 1.08 bits per heavy atom. The molecule has 1 fully saturated rings. The van der Waals surface area contributed by atoms with Gasteiger partial charge in [-0.3, -0.25) is 0 Å². The predicted molar refractivity (Wildman–Crippen MR) is 82.5 cm³/mol. The summed E-state index contributed by atoms with van der Waals surface area (Å²) in [6.07, 6.45) is -3.67. The molecular formula is C16H18O9. The summed E-state index contributed by atoms with van der Waals surface area (Å²) in [5.41, 5.74) is -1.83. The SMILES string of the molecule is O=C(/C=C/c1ccc(O)c(O)c1)OC1(C(=O)O)C[C@H](O)C(O)[C@@H](O)C1. The molecule has 0 saturated heterocycles. The number of aromatic hydroxyl groups is 2. The van der Waals surface area contributed by atoms with E-state index < -0.39 is 54.4 Å². The normalized spacial score (nSPS) is 29.5. The molecule has 0 heterocycles. The van der Waals surface area contributed by atoms with Gasteiger partial charge in [-0.25, -0.2) is 9.59 Å². The lowest BCUT2D eigenvalue weighted by Gasteiger charge is -2.39. The van der Waals surface area contributed by atoms with Crippen LogP contribution in [0, 0.1) is 0 Å². The van der Waals surface area contributed by atoms with Crippen LogP contribution in [0.4, 0.5) is 0 Å². The van der Waals surface area contributed by atoms with E-state index in [1.807, 2.05) is 0 Å². The molecule has 9 heteroatoms. The van der Waals surface area contributed by atoms with Gasteiger partial charge >= 0.3 is 11.9 Å². The van der Waals surface area contributed by atoms with Crippen LogP contribution in [0.5, 0.6) is 11.5 Å². The average Bonchev–Trinajstić information content (AvgIpc) is 2.53. The van der Waals surface area contributed by atoms with Crippen molar-refractivity contribution in [2.24, 2.45) is 0 Å². The van der Waals surface area contributed by atoms with Gasteiger partial charge in [0.05, 0.1) is 12.2 Å². The minimum absolute atomic E-state index is 0.340. The zero-order chi connectivity index (χ0) is 18.8. The molecular weight excluding hydrogens is 336 g/mol. The summed E-state index contributed by atoms with van der Waals surface area (Å²) >= 11 is 0. The van der Waals surface area contributed by atoms with E-state index in [0.717, 1.165) is 6.08 Å². The highest BCUT2D eigenvalue weighted by molar-refractivity contribution is 5.90. The van der Waals surface area contributed by atoms with Gasteiger partial charge in [0.1, 0.15) is 6.10 Å². The third-order valence-electron chi connectivity index (χ3n) is 3.96. The van der Waals surface area contributed by atoms with Crippen molar-refractivity contribution in [2.45, 2.75) is 36.8 Å². The van der Waals surface area contributed by atoms with Gasteiger partial charge in [0.25, 0.3) is 0 Å². The highest BCUT2D eigenvalue weighted by Gasteiger charge is 2.52. The van der Waals surface area contributed by atoms with Crippen LogP contribution < -0.4 is 0 Å². The van der Waals surface area contributed by atoms with Crippen molar-refractivity contribution in [3.63, 3.8) is 0 Å². The summed E-state index contributed by atoms with van der Waals surface area (Å²) in [4.78, 5) is 23.4. The van der Waals surface area contributed by atoms with Crippen LogP contribution in [0.15, 0.2) is 24.3 Å². The molecule has 0 aromatic heterocycles. The number of phenolic OH excluding ortho intramolecular Hbond substituents is 2. The monoisotopic (exact) mass is 354 g/mol. The zero-order valence-corrected chi connectivity index (χ0v) is 12.9. The molecule has 0 radical (unpaired) electrons. The van der Waals surface area contributed by atoms with Crippen molar-refractivity contribution in [1.29, 1.82) is 0 Å². The number of rotatable bonds is 4. The molecule has 1 aliphatic carbocycles. The molecule has 0 spiro atoms. The second-order valence-corrected chi connectivity index (χ2v) is 5.84. The van der Waals surface area contributed by atoms with Gasteiger partial charge in [-0.05, 0) is 23.8 Å². The van der Waals surface area contributed by atoms with Crippen LogP contribution in [-0.4, -0.2) is 66.5 Å². The van der Waals surface area contributed by atoms with Crippen LogP contribution >= 0.6 is 0 Å². The van der Waals surface area contributed by atoms with Crippen molar-refractivity contribution in [3.8, 4) is 11.5 Å². The number of aliphatic hydroxyl groups is 3. The fourth-order valence-corrected chi connectivity index (χ4v) is 2.59. The Morgan fingerprint density at radius 3 is 2.20 bits per heavy atom. The van der Waals surface area contributed by atoms with Crippen LogP contribution in [0.1, 0.15) is 18.4 Å². The number of carboxylic acids is 1. The van der Waals surface area contributed by atoms with Crippen molar-refractivity contribution >= 4 is 18.0 Å². The molecule has 136 valence electrons. The van der Waals surface area contributed by atoms with Crippen LogP contribution in [0.2, 0.25) is 0 Å². The Labute approximate surface area is 142 Å². The maximum atomic E-state index is 11.9. The van der Waals surface area contributed by atoms with E-state index in [-0.39, 0.29) is 5.75 Å². The Morgan fingerprint density at radius 2 is 1.68 bits per heavy atom. The van der Waals surface area contributed by atoms with E-state index in [2.05, 4.69) is 0 Å². The van der Waals surface area contributed by atoms with Gasteiger partial charge in [-0.15, -0.1) is 0 Å². The van der Waals surface area contributed by atoms with Gasteiger partial charge in [0.15, 0.2) is 11.5 Å². The molecule has 6 N–H and O–H groups in total. The number of phenols is 2. The van der Waals surface area contributed by atoms with Crippen molar-refractivity contribution in [3.05, 3.63) is 29.8 Å². The third kappa shape index (κ3) is 4.08. The molecule has 2 atom stereocenters. The lowest BCUT2D eigenvalue weighted by Crippen LogP contribution is -2.57. The van der Waals surface area contributed by atoms with Crippen molar-refractivity contribution < 1.29 is 45.0 Å². The summed E-state index contributed by atoms with van der Waals surface area (Å²) in [6.45, 7) is 0. The maximum absolute atomic E-state index is 11.9. The molecule has 25 heavy (non-hydrogen) atoms. The summed E-state index contributed by atoms with van der Waals surface area (Å²) in [5, 5.41) is 56.8. The number of ether oxygens (including phenoxy) is 1. The first-order valence-electron chi connectivity index (χ1n) is 7.35. The lowest BCUT2D eigenvalue weighted by molar-refractivity contribution is -0.201. The second-order valence-electron chi connectivity index (χ2n) is 5.84. The number of carboxylic acid groups (broad SMARTS) is 1. The highest BCUT2D eigenvalue weighted by atomic mass is 16.6. The first-order valence-corrected chi connectivity index (χ1v) is 7.35. The Kier molecular flexibility index (Phi) is 5.31. The molecule has 0 aliphatic heterocycles. The fraction of sp³-hybridized carbons (Fsp3) is 0.375. The number of hydrogen-bond acceptors (Lipinski definition) is 8. The molecule has 0 amide bonds. The number of hydrogen-bond donors (Lipinski definition) is 6. The molecule has 1 aromatic rings. The standard InChI is InChI=1S/C16H18O9/c17-9-3-1-8(5-10(9)18)2-4-13(21)25-16(15(23)24)6-11(19)14(22)12(20)7-16/h1-5,11-12,14,17-20,22H,6-7H2,(H,23,24)/b4-2+/t11-,12-,14?,16?/m0/s1. The van der Waals surface area contributed by atoms with Gasteiger partial charge in [0.2, 0.25) is 5.60 Å². The number of benzene rings is 1. The van der Waals surface area contributed by atoms with E-state index in [1.54, 1.807) is 0 Å². The van der Waals surface area contributed by atoms with Crippen LogP contribution in [0.3, 0.4) is 0 Å². The van der Waals surface area contributed by atoms with Gasteiger partial charge in [-0.2, -0.15) is 0 Å². The van der Waals surface area contributed by atoms with E-state index in [1.165, 1.54) is 24.3 Å². The zero-order valence-electron chi connectivity index (χ0n) is 12.9. The van der Waals surface area contributed by atoms with Crippen molar-refractivity contribution in [1.82, 2.24) is 0 Å². The van der Waals surface area contributed by atoms with Crippen LogP contribution in [0.25, 0.3) is 6.08 Å². The van der Waals surface area contributed by atoms with Gasteiger partial charge in [-0.1, -0.05) is 6.07 Å². The molecule has 9 nitrogen and oxygen atoms in total. The largest absolute Gasteiger partial charge is 0.504 e. The quantitative estimate of drug-likeness (QED) is 0.234. The highest BCUT2D eigenvalue weighted by Crippen LogP contribution is 2.33. The van der Waals surface area contributed by atoms with Gasteiger partial charge in [0, 0.05) is 18.9 Å². The molecule has 1 aromatic carbocycles. The smallest absolute Gasteiger partial charge is 0.348 e. The number of carbonyl (C=O) groups excluding carboxylic acids is 1. The number of aliphatic carboxylic acids is 1. The van der Waals surface area contributed by atoms with E-state index in [4.69, 9.17) is 4.74 Å². The average molecular weight is 354 g/mol. The summed E-state index contributed by atoms with van der Waals surface area (Å²) in [7, 11) is 0. The summed E-state index contributed by atoms with van der Waals surface area (Å²) < 4.78 is 4.94. The topological polar surface area (TPSA) is 165 Å². The second kappa shape index (κ2) is 7.09. The fourth-order valence-electron chi connectivity index (χ4n) is 2.59. The third-order valence-corrected chi connectivity index (χ3v) is 3.96. The lowest BCUT2D eigenvalue weighted by atomic mass is 9.79. The summed E-state index contributed by atoms with van der Waals surface area (Å²) in [5.74, 6) is -3.34. The minimum atomic E-state index is -2.17. The number of esters is 1. The Hall–Kier alpha value is -2.62. The van der Waals surface area contributed by atoms with Gasteiger partial charge < -0.3 is 35.4 Å². The number of aliphatic hydroxyl groups excluding tert-OH is 3. The number of carbonyl (C=O) groups is 2. The molecule has 1 aliphatic rings. The van der Waals surface area contributed by atoms with Crippen LogP contribution in [-0.2, 0) is 14.3 Å². The molecule has 2 rings (SSSR count). The van der Waals surface area contributed by atoms with E-state index in [0.29, 0.717) is 5.56 Å². The minimum Gasteiger partial charge on any atom is -0.504 e.